The van der Waals surface area contributed by atoms with Gasteiger partial charge in [0.2, 0.25) is 5.88 Å². The second-order valence-electron chi connectivity index (χ2n) is 8.42. The summed E-state index contributed by atoms with van der Waals surface area (Å²) >= 11 is 0. The van der Waals surface area contributed by atoms with Crippen LogP contribution in [-0.4, -0.2) is 4.57 Å². The molecule has 0 atom stereocenters. The monoisotopic (exact) mass is 345 g/mol. The van der Waals surface area contributed by atoms with Gasteiger partial charge in [-0.15, -0.1) is 0 Å². The number of allylic oxidation sites excluding steroid dienone is 1. The van der Waals surface area contributed by atoms with Gasteiger partial charge in [-0.3, -0.25) is 0 Å². The minimum absolute atomic E-state index is 0.101. The highest BCUT2D eigenvalue weighted by atomic mass is 16.5. The number of fused-ring (bicyclic) bond motifs is 3. The van der Waals surface area contributed by atoms with Gasteiger partial charge in [0.25, 0.3) is 0 Å². The largest absolute Gasteiger partial charge is 0.440 e. The van der Waals surface area contributed by atoms with Crippen molar-refractivity contribution in [1.82, 2.24) is 4.57 Å². The zero-order valence-corrected chi connectivity index (χ0v) is 16.4. The Morgan fingerprint density at radius 2 is 1.88 bits per heavy atom. The Labute approximate surface area is 156 Å². The summed E-state index contributed by atoms with van der Waals surface area (Å²) in [5.74, 6) is 1.87. The molecule has 26 heavy (non-hydrogen) atoms. The number of ether oxygens (including phenoxy) is 1. The van der Waals surface area contributed by atoms with E-state index in [0.717, 1.165) is 30.0 Å². The molecule has 0 fully saturated rings. The summed E-state index contributed by atoms with van der Waals surface area (Å²) in [5.41, 5.74) is 5.28. The molecule has 2 aromatic carbocycles. The van der Waals surface area contributed by atoms with Gasteiger partial charge in [-0.1, -0.05) is 57.2 Å². The third-order valence-corrected chi connectivity index (χ3v) is 5.36. The predicted molar refractivity (Wildman–Crippen MR) is 110 cm³/mol. The van der Waals surface area contributed by atoms with E-state index in [-0.39, 0.29) is 5.41 Å². The fraction of sp³-hybridized carbons (Fsp3) is 0.333. The molecule has 1 heterocycles. The molecule has 1 aliphatic rings. The normalized spacial score (nSPS) is 13.9. The van der Waals surface area contributed by atoms with Crippen molar-refractivity contribution in [3.63, 3.8) is 0 Å². The van der Waals surface area contributed by atoms with E-state index in [1.54, 1.807) is 0 Å². The lowest BCUT2D eigenvalue weighted by molar-refractivity contribution is 0.442. The number of aryl methyl sites for hydroxylation is 3. The van der Waals surface area contributed by atoms with Crippen molar-refractivity contribution in [3.8, 4) is 11.6 Å². The molecule has 3 aromatic rings. The maximum Gasteiger partial charge on any atom is 0.208 e. The first kappa shape index (κ1) is 17.0. The third kappa shape index (κ3) is 2.84. The number of benzene rings is 2. The molecule has 4 rings (SSSR count). The van der Waals surface area contributed by atoms with Crippen LogP contribution in [0.4, 0.5) is 0 Å². The summed E-state index contributed by atoms with van der Waals surface area (Å²) in [6.07, 6.45) is 8.91. The van der Waals surface area contributed by atoms with Crippen LogP contribution in [0.1, 0.15) is 49.4 Å². The predicted octanol–water partition coefficient (Wildman–Crippen LogP) is 6.54. The second kappa shape index (κ2) is 6.05. The topological polar surface area (TPSA) is 14.2 Å². The zero-order chi connectivity index (χ0) is 18.5. The highest BCUT2D eigenvalue weighted by Gasteiger charge is 2.19. The molecule has 0 bridgehead atoms. The van der Waals surface area contributed by atoms with Gasteiger partial charge in [-0.05, 0) is 53.5 Å². The standard InChI is InChI=1S/C24H27NO/c1-16-10-13-19(24(2,3)4)14-21(16)26-23-22-18(15-25(23)5)12-11-17-8-6-7-9-20(17)22/h7,9-15H,6,8H2,1-5H3. The first-order valence-electron chi connectivity index (χ1n) is 9.41. The Bertz CT molecular complexity index is 1010. The van der Waals surface area contributed by atoms with Crippen LogP contribution < -0.4 is 4.74 Å². The smallest absolute Gasteiger partial charge is 0.208 e. The van der Waals surface area contributed by atoms with Gasteiger partial charge in [0.05, 0.1) is 5.39 Å². The molecular formula is C24H27NO. The van der Waals surface area contributed by atoms with Crippen molar-refractivity contribution in [2.24, 2.45) is 7.05 Å². The third-order valence-electron chi connectivity index (χ3n) is 5.36. The van der Waals surface area contributed by atoms with E-state index >= 15 is 0 Å². The minimum atomic E-state index is 0.101. The summed E-state index contributed by atoms with van der Waals surface area (Å²) in [4.78, 5) is 0. The lowest BCUT2D eigenvalue weighted by atomic mass is 9.86. The molecule has 1 aromatic heterocycles. The average molecular weight is 345 g/mol. The van der Waals surface area contributed by atoms with E-state index < -0.39 is 0 Å². The van der Waals surface area contributed by atoms with Crippen molar-refractivity contribution in [2.45, 2.75) is 46.0 Å². The Morgan fingerprint density at radius 3 is 2.65 bits per heavy atom. The van der Waals surface area contributed by atoms with Gasteiger partial charge in [-0.2, -0.15) is 0 Å². The first-order valence-corrected chi connectivity index (χ1v) is 9.41. The molecule has 1 aliphatic carbocycles. The summed E-state index contributed by atoms with van der Waals surface area (Å²) in [7, 11) is 2.07. The molecular weight excluding hydrogens is 318 g/mol. The van der Waals surface area contributed by atoms with Gasteiger partial charge in [-0.25, -0.2) is 0 Å². The lowest BCUT2D eigenvalue weighted by Gasteiger charge is -2.21. The van der Waals surface area contributed by atoms with Gasteiger partial charge >= 0.3 is 0 Å². The molecule has 2 heteroatoms. The van der Waals surface area contributed by atoms with Gasteiger partial charge in [0.1, 0.15) is 5.75 Å². The molecule has 2 nitrogen and oxygen atoms in total. The molecule has 0 amide bonds. The van der Waals surface area contributed by atoms with Crippen molar-refractivity contribution < 1.29 is 4.74 Å². The fourth-order valence-electron chi connectivity index (χ4n) is 3.72. The fourth-order valence-corrected chi connectivity index (χ4v) is 3.72. The highest BCUT2D eigenvalue weighted by Crippen LogP contribution is 2.39. The van der Waals surface area contributed by atoms with Gasteiger partial charge < -0.3 is 9.30 Å². The maximum absolute atomic E-state index is 6.52. The van der Waals surface area contributed by atoms with Gasteiger partial charge in [0, 0.05) is 18.6 Å². The molecule has 0 spiro atoms. The van der Waals surface area contributed by atoms with Crippen LogP contribution in [0.3, 0.4) is 0 Å². The number of hydrogen-bond acceptors (Lipinski definition) is 1. The van der Waals surface area contributed by atoms with Crippen LogP contribution in [0.2, 0.25) is 0 Å². The molecule has 0 radical (unpaired) electrons. The van der Waals surface area contributed by atoms with E-state index in [1.807, 2.05) is 0 Å². The number of nitrogens with zero attached hydrogens (tertiary/aromatic N) is 1. The molecule has 134 valence electrons. The molecule has 0 aliphatic heterocycles. The minimum Gasteiger partial charge on any atom is -0.440 e. The SMILES string of the molecule is Cc1ccc(C(C)(C)C)cc1Oc1c2c3c(ccc2cn1C)CCC=C3. The van der Waals surface area contributed by atoms with E-state index in [4.69, 9.17) is 4.74 Å². The van der Waals surface area contributed by atoms with Crippen molar-refractivity contribution >= 4 is 16.8 Å². The molecule has 0 saturated carbocycles. The maximum atomic E-state index is 6.52. The zero-order valence-electron chi connectivity index (χ0n) is 16.4. The highest BCUT2D eigenvalue weighted by molar-refractivity contribution is 5.97. The van der Waals surface area contributed by atoms with E-state index in [1.165, 1.54) is 27.5 Å². The summed E-state index contributed by atoms with van der Waals surface area (Å²) in [6.45, 7) is 8.82. The van der Waals surface area contributed by atoms with E-state index in [9.17, 15) is 0 Å². The molecule has 0 unspecified atom stereocenters. The van der Waals surface area contributed by atoms with Gasteiger partial charge in [0.15, 0.2) is 0 Å². The molecule has 0 N–H and O–H groups in total. The Hall–Kier alpha value is -2.48. The summed E-state index contributed by atoms with van der Waals surface area (Å²) < 4.78 is 8.63. The second-order valence-corrected chi connectivity index (χ2v) is 8.42. The first-order chi connectivity index (χ1) is 12.3. The van der Waals surface area contributed by atoms with Crippen molar-refractivity contribution in [3.05, 3.63) is 64.9 Å². The lowest BCUT2D eigenvalue weighted by Crippen LogP contribution is -2.11. The number of hydrogen-bond donors (Lipinski definition) is 0. The van der Waals surface area contributed by atoms with Crippen LogP contribution >= 0.6 is 0 Å². The Morgan fingerprint density at radius 1 is 1.08 bits per heavy atom. The van der Waals surface area contributed by atoms with Crippen LogP contribution in [0.25, 0.3) is 16.8 Å². The van der Waals surface area contributed by atoms with Crippen LogP contribution in [0, 0.1) is 6.92 Å². The van der Waals surface area contributed by atoms with Crippen LogP contribution in [0.5, 0.6) is 11.6 Å². The summed E-state index contributed by atoms with van der Waals surface area (Å²) in [6, 6.07) is 11.0. The van der Waals surface area contributed by atoms with Crippen LogP contribution in [-0.2, 0) is 18.9 Å². The Kier molecular flexibility index (Phi) is 3.95. The van der Waals surface area contributed by atoms with Crippen molar-refractivity contribution in [1.29, 1.82) is 0 Å². The average Bonchev–Trinajstić information content (AvgIpc) is 2.92. The van der Waals surface area contributed by atoms with Crippen LogP contribution in [0.15, 0.2) is 42.6 Å². The summed E-state index contributed by atoms with van der Waals surface area (Å²) in [5, 5.41) is 2.46. The number of rotatable bonds is 2. The Balaban J connectivity index is 1.86. The van der Waals surface area contributed by atoms with E-state index in [0.29, 0.717) is 0 Å². The molecule has 0 saturated heterocycles. The van der Waals surface area contributed by atoms with E-state index in [2.05, 4.69) is 88.0 Å². The quantitative estimate of drug-likeness (QED) is 0.514. The number of aromatic nitrogens is 1. The van der Waals surface area contributed by atoms with Crippen molar-refractivity contribution in [2.75, 3.05) is 0 Å².